The third kappa shape index (κ3) is 2.97. The Morgan fingerprint density at radius 2 is 2.15 bits per heavy atom. The molecule has 1 aliphatic carbocycles. The maximum atomic E-state index is 3.72. The molecule has 0 aliphatic heterocycles. The van der Waals surface area contributed by atoms with Crippen LogP contribution in [0, 0.1) is 5.92 Å². The fourth-order valence-electron chi connectivity index (χ4n) is 3.42. The van der Waals surface area contributed by atoms with Crippen LogP contribution in [-0.4, -0.2) is 6.54 Å². The molecule has 1 aromatic carbocycles. The molecule has 1 aromatic heterocycles. The van der Waals surface area contributed by atoms with Gasteiger partial charge in [-0.2, -0.15) is 11.3 Å². The molecule has 0 saturated heterocycles. The van der Waals surface area contributed by atoms with E-state index < -0.39 is 0 Å². The number of hydrogen-bond acceptors (Lipinski definition) is 2. The van der Waals surface area contributed by atoms with Crippen molar-refractivity contribution in [3.8, 4) is 0 Å². The van der Waals surface area contributed by atoms with Crippen LogP contribution in [0.3, 0.4) is 0 Å². The minimum absolute atomic E-state index is 0.545. The van der Waals surface area contributed by atoms with Crippen molar-refractivity contribution in [1.29, 1.82) is 0 Å². The second kappa shape index (κ2) is 6.55. The van der Waals surface area contributed by atoms with E-state index >= 15 is 0 Å². The van der Waals surface area contributed by atoms with Crippen molar-refractivity contribution >= 4 is 11.3 Å². The summed E-state index contributed by atoms with van der Waals surface area (Å²) in [5.74, 6) is 0.768. The van der Waals surface area contributed by atoms with Crippen molar-refractivity contribution < 1.29 is 0 Å². The molecule has 1 aliphatic rings. The van der Waals surface area contributed by atoms with Crippen LogP contribution in [0.4, 0.5) is 0 Å². The molecule has 0 saturated carbocycles. The molecule has 1 nitrogen and oxygen atoms in total. The van der Waals surface area contributed by atoms with Crippen molar-refractivity contribution in [3.05, 3.63) is 57.8 Å². The monoisotopic (exact) mass is 285 g/mol. The van der Waals surface area contributed by atoms with E-state index in [1.165, 1.54) is 36.8 Å². The Morgan fingerprint density at radius 1 is 1.25 bits per heavy atom. The molecule has 1 heterocycles. The molecule has 0 bridgehead atoms. The van der Waals surface area contributed by atoms with Gasteiger partial charge in [0, 0.05) is 6.04 Å². The molecule has 1 N–H and O–H groups in total. The van der Waals surface area contributed by atoms with Gasteiger partial charge in [0.05, 0.1) is 0 Å². The van der Waals surface area contributed by atoms with E-state index in [4.69, 9.17) is 0 Å². The molecule has 3 rings (SSSR count). The Kier molecular flexibility index (Phi) is 4.54. The Hall–Kier alpha value is -1.12. The van der Waals surface area contributed by atoms with Crippen LogP contribution in [0.25, 0.3) is 0 Å². The normalized spacial score (nSPS) is 21.6. The number of benzene rings is 1. The largest absolute Gasteiger partial charge is 0.310 e. The number of hydrogen-bond donors (Lipinski definition) is 1. The van der Waals surface area contributed by atoms with E-state index in [9.17, 15) is 0 Å². The molecule has 0 fully saturated rings. The fraction of sp³-hybridized carbons (Fsp3) is 0.444. The van der Waals surface area contributed by atoms with E-state index in [1.807, 2.05) is 11.3 Å². The average molecular weight is 285 g/mol. The summed E-state index contributed by atoms with van der Waals surface area (Å²) in [5, 5.41) is 8.20. The summed E-state index contributed by atoms with van der Waals surface area (Å²) in [6.45, 7) is 3.26. The van der Waals surface area contributed by atoms with Gasteiger partial charge in [-0.15, -0.1) is 0 Å². The Labute approximate surface area is 126 Å². The number of fused-ring (bicyclic) bond motifs is 1. The summed E-state index contributed by atoms with van der Waals surface area (Å²) in [6.07, 6.45) is 5.08. The van der Waals surface area contributed by atoms with Crippen LogP contribution in [0.5, 0.6) is 0 Å². The summed E-state index contributed by atoms with van der Waals surface area (Å²) in [4.78, 5) is 0. The second-order valence-electron chi connectivity index (χ2n) is 5.70. The van der Waals surface area contributed by atoms with Gasteiger partial charge in [0.15, 0.2) is 0 Å². The zero-order valence-electron chi connectivity index (χ0n) is 12.1. The highest BCUT2D eigenvalue weighted by Gasteiger charge is 2.28. The predicted molar refractivity (Wildman–Crippen MR) is 87.3 cm³/mol. The summed E-state index contributed by atoms with van der Waals surface area (Å²) in [7, 11) is 0. The lowest BCUT2D eigenvalue weighted by Gasteiger charge is -2.34. The van der Waals surface area contributed by atoms with Crippen molar-refractivity contribution in [2.75, 3.05) is 6.54 Å². The predicted octanol–water partition coefficient (Wildman–Crippen LogP) is 4.59. The molecular weight excluding hydrogens is 262 g/mol. The maximum Gasteiger partial charge on any atom is 0.0351 e. The Morgan fingerprint density at radius 3 is 2.95 bits per heavy atom. The van der Waals surface area contributed by atoms with Crippen molar-refractivity contribution in [2.24, 2.45) is 5.92 Å². The smallest absolute Gasteiger partial charge is 0.0351 e. The zero-order valence-corrected chi connectivity index (χ0v) is 13.0. The van der Waals surface area contributed by atoms with Gasteiger partial charge in [-0.25, -0.2) is 0 Å². The first-order valence-corrected chi connectivity index (χ1v) is 8.65. The summed E-state index contributed by atoms with van der Waals surface area (Å²) < 4.78 is 0. The zero-order chi connectivity index (χ0) is 13.8. The van der Waals surface area contributed by atoms with Gasteiger partial charge in [0.25, 0.3) is 0 Å². The maximum absolute atomic E-state index is 3.72. The van der Waals surface area contributed by atoms with E-state index in [-0.39, 0.29) is 0 Å². The van der Waals surface area contributed by atoms with Gasteiger partial charge in [0.2, 0.25) is 0 Å². The molecule has 2 atom stereocenters. The standard InChI is InChI=1S/C18H23NS/c1-2-19-18-16(8-7-14-11-12-20-13-14)10-9-15-5-3-4-6-17(15)18/h3-6,11-13,16,18-19H,2,7-10H2,1H3. The second-order valence-corrected chi connectivity index (χ2v) is 6.48. The van der Waals surface area contributed by atoms with Crippen LogP contribution in [0.2, 0.25) is 0 Å². The van der Waals surface area contributed by atoms with E-state index in [0.29, 0.717) is 6.04 Å². The highest BCUT2D eigenvalue weighted by atomic mass is 32.1. The number of nitrogens with one attached hydrogen (secondary N) is 1. The molecule has 2 heteroatoms. The quantitative estimate of drug-likeness (QED) is 0.847. The Bertz CT molecular complexity index is 532. The molecule has 0 radical (unpaired) electrons. The van der Waals surface area contributed by atoms with Crippen LogP contribution >= 0.6 is 11.3 Å². The molecule has 2 unspecified atom stereocenters. The minimum atomic E-state index is 0.545. The third-order valence-corrected chi connectivity index (χ3v) is 5.19. The van der Waals surface area contributed by atoms with Crippen LogP contribution in [0.1, 0.15) is 42.5 Å². The van der Waals surface area contributed by atoms with Crippen molar-refractivity contribution in [3.63, 3.8) is 0 Å². The molecule has 0 amide bonds. The molecule has 20 heavy (non-hydrogen) atoms. The molecular formula is C18H23NS. The lowest BCUT2D eigenvalue weighted by atomic mass is 9.77. The van der Waals surface area contributed by atoms with Gasteiger partial charge < -0.3 is 5.32 Å². The number of rotatable bonds is 5. The molecule has 106 valence electrons. The third-order valence-electron chi connectivity index (χ3n) is 4.45. The lowest BCUT2D eigenvalue weighted by molar-refractivity contribution is 0.307. The van der Waals surface area contributed by atoms with E-state index in [1.54, 1.807) is 5.56 Å². The molecule has 2 aromatic rings. The first-order valence-electron chi connectivity index (χ1n) is 7.70. The van der Waals surface area contributed by atoms with Crippen LogP contribution in [-0.2, 0) is 12.8 Å². The number of aryl methyl sites for hydroxylation is 2. The van der Waals surface area contributed by atoms with Crippen LogP contribution < -0.4 is 5.32 Å². The first-order chi connectivity index (χ1) is 9.88. The van der Waals surface area contributed by atoms with Crippen molar-refractivity contribution in [1.82, 2.24) is 5.32 Å². The number of thiophene rings is 1. The summed E-state index contributed by atoms with van der Waals surface area (Å²) >= 11 is 1.81. The van der Waals surface area contributed by atoms with Crippen molar-refractivity contribution in [2.45, 2.75) is 38.6 Å². The topological polar surface area (TPSA) is 12.0 Å². The molecule has 0 spiro atoms. The highest BCUT2D eigenvalue weighted by molar-refractivity contribution is 7.07. The summed E-state index contributed by atoms with van der Waals surface area (Å²) in [5.41, 5.74) is 4.59. The fourth-order valence-corrected chi connectivity index (χ4v) is 4.12. The first kappa shape index (κ1) is 13.8. The Balaban J connectivity index is 1.74. The summed E-state index contributed by atoms with van der Waals surface area (Å²) in [6, 6.07) is 11.8. The van der Waals surface area contributed by atoms with Gasteiger partial charge in [-0.05, 0) is 71.7 Å². The average Bonchev–Trinajstić information content (AvgIpc) is 3.00. The highest BCUT2D eigenvalue weighted by Crippen LogP contribution is 2.36. The van der Waals surface area contributed by atoms with Crippen LogP contribution in [0.15, 0.2) is 41.1 Å². The lowest BCUT2D eigenvalue weighted by Crippen LogP contribution is -2.32. The van der Waals surface area contributed by atoms with Gasteiger partial charge >= 0.3 is 0 Å². The van der Waals surface area contributed by atoms with Gasteiger partial charge in [0.1, 0.15) is 0 Å². The minimum Gasteiger partial charge on any atom is -0.310 e. The SMILES string of the molecule is CCNC1c2ccccc2CCC1CCc1ccsc1. The van der Waals surface area contributed by atoms with E-state index in [0.717, 1.165) is 12.5 Å². The van der Waals surface area contributed by atoms with Gasteiger partial charge in [-0.3, -0.25) is 0 Å². The van der Waals surface area contributed by atoms with E-state index in [2.05, 4.69) is 53.3 Å². The van der Waals surface area contributed by atoms with Gasteiger partial charge in [-0.1, -0.05) is 31.2 Å².